The van der Waals surface area contributed by atoms with Crippen molar-refractivity contribution in [2.24, 2.45) is 5.92 Å². The lowest BCUT2D eigenvalue weighted by Gasteiger charge is -2.09. The molecule has 1 fully saturated rings. The average molecular weight is 226 g/mol. The number of ether oxygens (including phenoxy) is 1. The predicted molar refractivity (Wildman–Crippen MR) is 60.9 cm³/mol. The van der Waals surface area contributed by atoms with E-state index in [1.807, 2.05) is 6.07 Å². The van der Waals surface area contributed by atoms with Crippen LogP contribution in [0.3, 0.4) is 0 Å². The highest BCUT2D eigenvalue weighted by Gasteiger charge is 2.14. The molecular formula is C12H16ClNO. The van der Waals surface area contributed by atoms with E-state index >= 15 is 0 Å². The van der Waals surface area contributed by atoms with Crippen LogP contribution in [0.25, 0.3) is 0 Å². The standard InChI is InChI=1S/C12H16ClNO/c13-11-5-6-14-12(7-11)9-15-8-10-3-1-2-4-10/h5-7,10H,1-4,8-9H2. The largest absolute Gasteiger partial charge is 0.375 e. The van der Waals surface area contributed by atoms with Crippen molar-refractivity contribution in [1.82, 2.24) is 4.98 Å². The summed E-state index contributed by atoms with van der Waals surface area (Å²) < 4.78 is 5.64. The monoisotopic (exact) mass is 225 g/mol. The second-order valence-corrected chi connectivity index (χ2v) is 4.57. The van der Waals surface area contributed by atoms with Crippen LogP contribution in [0.2, 0.25) is 5.02 Å². The van der Waals surface area contributed by atoms with Gasteiger partial charge in [0.1, 0.15) is 0 Å². The lowest BCUT2D eigenvalue weighted by Crippen LogP contribution is -2.06. The minimum absolute atomic E-state index is 0.580. The molecule has 2 nitrogen and oxygen atoms in total. The second kappa shape index (κ2) is 5.47. The molecule has 1 aromatic rings. The average Bonchev–Trinajstić information content (AvgIpc) is 2.71. The van der Waals surface area contributed by atoms with Gasteiger partial charge in [-0.05, 0) is 30.9 Å². The van der Waals surface area contributed by atoms with Crippen LogP contribution in [-0.2, 0) is 11.3 Å². The van der Waals surface area contributed by atoms with Gasteiger partial charge in [0, 0.05) is 17.8 Å². The van der Waals surface area contributed by atoms with E-state index in [1.165, 1.54) is 25.7 Å². The SMILES string of the molecule is Clc1ccnc(COCC2CCCC2)c1. The number of rotatable bonds is 4. The van der Waals surface area contributed by atoms with Crippen LogP contribution >= 0.6 is 11.6 Å². The molecule has 0 saturated heterocycles. The maximum Gasteiger partial charge on any atom is 0.0888 e. The van der Waals surface area contributed by atoms with Crippen LogP contribution < -0.4 is 0 Å². The van der Waals surface area contributed by atoms with Gasteiger partial charge in [0.2, 0.25) is 0 Å². The molecule has 3 heteroatoms. The number of halogens is 1. The van der Waals surface area contributed by atoms with Crippen molar-refractivity contribution in [2.45, 2.75) is 32.3 Å². The molecule has 82 valence electrons. The van der Waals surface area contributed by atoms with Crippen molar-refractivity contribution < 1.29 is 4.74 Å². The molecule has 0 aliphatic heterocycles. The Kier molecular flexibility index (Phi) is 3.98. The summed E-state index contributed by atoms with van der Waals surface area (Å²) >= 11 is 5.86. The molecule has 1 aliphatic carbocycles. The Balaban J connectivity index is 1.73. The van der Waals surface area contributed by atoms with Gasteiger partial charge in [0.15, 0.2) is 0 Å². The summed E-state index contributed by atoms with van der Waals surface area (Å²) in [5, 5.41) is 0.726. The molecule has 2 rings (SSSR count). The smallest absolute Gasteiger partial charge is 0.0888 e. The highest BCUT2D eigenvalue weighted by molar-refractivity contribution is 6.30. The molecule has 0 atom stereocenters. The Labute approximate surface area is 95.6 Å². The van der Waals surface area contributed by atoms with Gasteiger partial charge < -0.3 is 4.74 Å². The lowest BCUT2D eigenvalue weighted by atomic mass is 10.1. The molecule has 1 heterocycles. The van der Waals surface area contributed by atoms with Crippen LogP contribution in [0.1, 0.15) is 31.4 Å². The molecule has 0 N–H and O–H groups in total. The zero-order chi connectivity index (χ0) is 10.5. The number of hydrogen-bond acceptors (Lipinski definition) is 2. The first kappa shape index (κ1) is 10.9. The molecule has 0 aromatic carbocycles. The topological polar surface area (TPSA) is 22.1 Å². The molecule has 15 heavy (non-hydrogen) atoms. The fourth-order valence-electron chi connectivity index (χ4n) is 2.03. The van der Waals surface area contributed by atoms with Gasteiger partial charge in [-0.3, -0.25) is 4.98 Å². The summed E-state index contributed by atoms with van der Waals surface area (Å²) in [7, 11) is 0. The third-order valence-corrected chi connectivity index (χ3v) is 3.09. The first-order valence-corrected chi connectivity index (χ1v) is 5.90. The Hall–Kier alpha value is -0.600. The van der Waals surface area contributed by atoms with E-state index in [2.05, 4.69) is 4.98 Å². The summed E-state index contributed by atoms with van der Waals surface area (Å²) in [6.07, 6.45) is 7.09. The van der Waals surface area contributed by atoms with E-state index in [0.717, 1.165) is 23.2 Å². The second-order valence-electron chi connectivity index (χ2n) is 4.13. The lowest BCUT2D eigenvalue weighted by molar-refractivity contribution is 0.0867. The molecule has 0 bridgehead atoms. The summed E-state index contributed by atoms with van der Waals surface area (Å²) in [5.74, 6) is 0.768. The van der Waals surface area contributed by atoms with Crippen molar-refractivity contribution in [1.29, 1.82) is 0 Å². The summed E-state index contributed by atoms with van der Waals surface area (Å²) in [6, 6.07) is 3.64. The number of aromatic nitrogens is 1. The van der Waals surface area contributed by atoms with Crippen molar-refractivity contribution in [3.05, 3.63) is 29.0 Å². The van der Waals surface area contributed by atoms with Crippen LogP contribution in [-0.4, -0.2) is 11.6 Å². The Morgan fingerprint density at radius 3 is 2.93 bits per heavy atom. The highest BCUT2D eigenvalue weighted by Crippen LogP contribution is 2.24. The van der Waals surface area contributed by atoms with E-state index in [1.54, 1.807) is 12.3 Å². The van der Waals surface area contributed by atoms with E-state index in [-0.39, 0.29) is 0 Å². The van der Waals surface area contributed by atoms with Gasteiger partial charge in [-0.25, -0.2) is 0 Å². The van der Waals surface area contributed by atoms with Crippen LogP contribution in [0, 0.1) is 5.92 Å². The van der Waals surface area contributed by atoms with Gasteiger partial charge in [0.05, 0.1) is 12.3 Å². The van der Waals surface area contributed by atoms with E-state index in [4.69, 9.17) is 16.3 Å². The molecule has 1 aliphatic rings. The minimum atomic E-state index is 0.580. The summed E-state index contributed by atoms with van der Waals surface area (Å²) in [4.78, 5) is 4.19. The summed E-state index contributed by atoms with van der Waals surface area (Å²) in [6.45, 7) is 1.45. The van der Waals surface area contributed by atoms with E-state index in [9.17, 15) is 0 Å². The van der Waals surface area contributed by atoms with Crippen molar-refractivity contribution in [3.8, 4) is 0 Å². The minimum Gasteiger partial charge on any atom is -0.375 e. The van der Waals surface area contributed by atoms with Gasteiger partial charge in [-0.2, -0.15) is 0 Å². The van der Waals surface area contributed by atoms with Crippen molar-refractivity contribution >= 4 is 11.6 Å². The molecule has 0 spiro atoms. The highest BCUT2D eigenvalue weighted by atomic mass is 35.5. The predicted octanol–water partition coefficient (Wildman–Crippen LogP) is 3.44. The number of hydrogen-bond donors (Lipinski definition) is 0. The Morgan fingerprint density at radius 1 is 1.40 bits per heavy atom. The molecular weight excluding hydrogens is 210 g/mol. The van der Waals surface area contributed by atoms with Crippen LogP contribution in [0.4, 0.5) is 0 Å². The Bertz CT molecular complexity index is 310. The molecule has 0 amide bonds. The quantitative estimate of drug-likeness (QED) is 0.783. The molecule has 0 radical (unpaired) electrons. The number of pyridine rings is 1. The van der Waals surface area contributed by atoms with Gasteiger partial charge in [0.25, 0.3) is 0 Å². The van der Waals surface area contributed by atoms with E-state index < -0.39 is 0 Å². The van der Waals surface area contributed by atoms with Crippen LogP contribution in [0.15, 0.2) is 18.3 Å². The third kappa shape index (κ3) is 3.47. The third-order valence-electron chi connectivity index (χ3n) is 2.86. The normalized spacial score (nSPS) is 17.1. The van der Waals surface area contributed by atoms with Gasteiger partial charge in [-0.1, -0.05) is 24.4 Å². The van der Waals surface area contributed by atoms with Gasteiger partial charge in [-0.15, -0.1) is 0 Å². The summed E-state index contributed by atoms with van der Waals surface area (Å²) in [5.41, 5.74) is 0.917. The first-order valence-electron chi connectivity index (χ1n) is 5.53. The van der Waals surface area contributed by atoms with Crippen molar-refractivity contribution in [2.75, 3.05) is 6.61 Å². The zero-order valence-electron chi connectivity index (χ0n) is 8.79. The van der Waals surface area contributed by atoms with Crippen molar-refractivity contribution in [3.63, 3.8) is 0 Å². The van der Waals surface area contributed by atoms with E-state index in [0.29, 0.717) is 6.61 Å². The fourth-order valence-corrected chi connectivity index (χ4v) is 2.22. The van der Waals surface area contributed by atoms with Crippen LogP contribution in [0.5, 0.6) is 0 Å². The maximum absolute atomic E-state index is 5.86. The maximum atomic E-state index is 5.86. The number of nitrogens with zero attached hydrogens (tertiary/aromatic N) is 1. The first-order chi connectivity index (χ1) is 7.34. The Morgan fingerprint density at radius 2 is 2.20 bits per heavy atom. The van der Waals surface area contributed by atoms with Gasteiger partial charge >= 0.3 is 0 Å². The molecule has 1 saturated carbocycles. The zero-order valence-corrected chi connectivity index (χ0v) is 9.54. The molecule has 0 unspecified atom stereocenters. The fraction of sp³-hybridized carbons (Fsp3) is 0.583. The molecule has 1 aromatic heterocycles.